The lowest BCUT2D eigenvalue weighted by Gasteiger charge is -2.33. The van der Waals surface area contributed by atoms with E-state index in [9.17, 15) is 18.0 Å². The summed E-state index contributed by atoms with van der Waals surface area (Å²) in [5.41, 5.74) is 2.14. The molecular formula is C27H31ClF3N5O3. The Morgan fingerprint density at radius 3 is 2.46 bits per heavy atom. The van der Waals surface area contributed by atoms with Crippen LogP contribution in [0.5, 0.6) is 11.5 Å². The van der Waals surface area contributed by atoms with E-state index in [-0.39, 0.29) is 36.6 Å². The van der Waals surface area contributed by atoms with Gasteiger partial charge in [-0.25, -0.2) is 4.68 Å². The summed E-state index contributed by atoms with van der Waals surface area (Å²) in [6, 6.07) is 11.1. The highest BCUT2D eigenvalue weighted by Gasteiger charge is 2.46. The number of amides is 1. The Balaban J connectivity index is 0.00000353. The number of rotatable bonds is 6. The zero-order chi connectivity index (χ0) is 26.9. The number of anilines is 1. The highest BCUT2D eigenvalue weighted by atomic mass is 35.5. The van der Waals surface area contributed by atoms with Crippen molar-refractivity contribution in [2.45, 2.75) is 43.6 Å². The van der Waals surface area contributed by atoms with E-state index < -0.39 is 18.3 Å². The molecule has 8 nitrogen and oxygen atoms in total. The number of fused-ring (bicyclic) bond motifs is 1. The second-order valence-corrected chi connectivity index (χ2v) is 9.56. The Morgan fingerprint density at radius 1 is 1.08 bits per heavy atom. The van der Waals surface area contributed by atoms with Crippen molar-refractivity contribution in [1.29, 1.82) is 0 Å². The zero-order valence-corrected chi connectivity index (χ0v) is 22.4. The molecule has 2 aliphatic heterocycles. The van der Waals surface area contributed by atoms with Crippen molar-refractivity contribution >= 4 is 24.1 Å². The molecule has 0 saturated carbocycles. The number of ether oxygens (including phenoxy) is 2. The maximum absolute atomic E-state index is 14.1. The summed E-state index contributed by atoms with van der Waals surface area (Å²) in [6.45, 7) is 1.69. The minimum Gasteiger partial charge on any atom is -0.493 e. The lowest BCUT2D eigenvalue weighted by atomic mass is 9.96. The van der Waals surface area contributed by atoms with E-state index in [1.807, 2.05) is 0 Å². The van der Waals surface area contributed by atoms with Crippen LogP contribution in [0, 0.1) is 0 Å². The van der Waals surface area contributed by atoms with Gasteiger partial charge in [-0.3, -0.25) is 4.79 Å². The summed E-state index contributed by atoms with van der Waals surface area (Å²) in [4.78, 5) is 12.6. The van der Waals surface area contributed by atoms with Gasteiger partial charge < -0.3 is 25.4 Å². The molecule has 0 bridgehead atoms. The molecule has 1 amide bonds. The Kier molecular flexibility index (Phi) is 8.60. The van der Waals surface area contributed by atoms with Crippen molar-refractivity contribution in [3.63, 3.8) is 0 Å². The minimum absolute atomic E-state index is 0. The van der Waals surface area contributed by atoms with E-state index in [2.05, 4.69) is 21.0 Å². The molecule has 1 saturated heterocycles. The highest BCUT2D eigenvalue weighted by molar-refractivity contribution is 5.94. The first-order chi connectivity index (χ1) is 18.3. The van der Waals surface area contributed by atoms with Crippen molar-refractivity contribution < 1.29 is 27.4 Å². The topological polar surface area (TPSA) is 89.4 Å². The Labute approximate surface area is 230 Å². The number of hydrogen-bond acceptors (Lipinski definition) is 6. The van der Waals surface area contributed by atoms with Gasteiger partial charge in [0.15, 0.2) is 17.5 Å². The number of benzene rings is 2. The van der Waals surface area contributed by atoms with Gasteiger partial charge in [0.1, 0.15) is 5.82 Å². The van der Waals surface area contributed by atoms with E-state index in [1.165, 1.54) is 14.2 Å². The number of carbonyl (C=O) groups is 1. The molecule has 2 aromatic carbocycles. The fourth-order valence-corrected chi connectivity index (χ4v) is 5.04. The molecule has 3 atom stereocenters. The number of methoxy groups -OCH3 is 2. The van der Waals surface area contributed by atoms with Crippen molar-refractivity contribution in [1.82, 2.24) is 20.4 Å². The van der Waals surface area contributed by atoms with Crippen LogP contribution in [0.1, 0.15) is 47.3 Å². The quantitative estimate of drug-likeness (QED) is 0.384. The number of aromatic nitrogens is 2. The van der Waals surface area contributed by atoms with Crippen molar-refractivity contribution in [3.8, 4) is 22.8 Å². The molecule has 5 rings (SSSR count). The molecule has 2 aliphatic rings. The predicted octanol–water partition coefficient (Wildman–Crippen LogP) is 5.13. The number of alkyl halides is 3. The van der Waals surface area contributed by atoms with E-state index >= 15 is 0 Å². The third kappa shape index (κ3) is 6.09. The van der Waals surface area contributed by atoms with E-state index in [1.54, 1.807) is 48.5 Å². The maximum Gasteiger partial charge on any atom is 0.410 e. The second-order valence-electron chi connectivity index (χ2n) is 9.56. The van der Waals surface area contributed by atoms with Crippen LogP contribution in [-0.4, -0.2) is 55.2 Å². The average Bonchev–Trinajstić information content (AvgIpc) is 3.36. The van der Waals surface area contributed by atoms with E-state index in [4.69, 9.17) is 9.47 Å². The van der Waals surface area contributed by atoms with Gasteiger partial charge in [-0.15, -0.1) is 12.4 Å². The number of carbonyl (C=O) groups excluding carboxylic acids is 1. The number of nitrogens with zero attached hydrogens (tertiary/aromatic N) is 2. The molecule has 12 heteroatoms. The van der Waals surface area contributed by atoms with Crippen LogP contribution in [0.15, 0.2) is 48.5 Å². The molecule has 0 radical (unpaired) electrons. The average molecular weight is 566 g/mol. The van der Waals surface area contributed by atoms with Crippen molar-refractivity contribution in [2.24, 2.45) is 0 Å². The number of hydrogen-bond donors (Lipinski definition) is 3. The second kappa shape index (κ2) is 11.7. The van der Waals surface area contributed by atoms with Crippen LogP contribution in [0.25, 0.3) is 11.3 Å². The van der Waals surface area contributed by atoms with E-state index in [0.29, 0.717) is 33.9 Å². The monoisotopic (exact) mass is 565 g/mol. The largest absolute Gasteiger partial charge is 0.493 e. The first-order valence-corrected chi connectivity index (χ1v) is 12.5. The van der Waals surface area contributed by atoms with Gasteiger partial charge in [0.25, 0.3) is 5.91 Å². The van der Waals surface area contributed by atoms with Gasteiger partial charge in [0.2, 0.25) is 0 Å². The molecule has 39 heavy (non-hydrogen) atoms. The summed E-state index contributed by atoms with van der Waals surface area (Å²) in [6.07, 6.45) is -2.80. The Morgan fingerprint density at radius 2 is 1.82 bits per heavy atom. The SMILES string of the molecule is COc1ccc(C2CC(C(F)(F)F)n3nc(-c4ccc(C(=O)N[C@@H]5CCCNC5)cc4)cc3N2)cc1OC.Cl. The molecule has 3 heterocycles. The van der Waals surface area contributed by atoms with Crippen LogP contribution >= 0.6 is 12.4 Å². The van der Waals surface area contributed by atoms with Crippen LogP contribution in [0.4, 0.5) is 19.0 Å². The fourth-order valence-electron chi connectivity index (χ4n) is 5.04. The molecule has 3 N–H and O–H groups in total. The molecule has 1 aromatic heterocycles. The van der Waals surface area contributed by atoms with Gasteiger partial charge in [-0.2, -0.15) is 18.3 Å². The third-order valence-corrected chi connectivity index (χ3v) is 7.07. The van der Waals surface area contributed by atoms with Crippen LogP contribution in [0.2, 0.25) is 0 Å². The van der Waals surface area contributed by atoms with Crippen molar-refractivity contribution in [2.75, 3.05) is 32.6 Å². The molecule has 1 fully saturated rings. The number of halogens is 4. The summed E-state index contributed by atoms with van der Waals surface area (Å²) >= 11 is 0. The smallest absolute Gasteiger partial charge is 0.410 e. The van der Waals surface area contributed by atoms with E-state index in [0.717, 1.165) is 30.6 Å². The first kappa shape index (κ1) is 28.6. The predicted molar refractivity (Wildman–Crippen MR) is 144 cm³/mol. The van der Waals surface area contributed by atoms with Crippen LogP contribution in [-0.2, 0) is 0 Å². The number of piperidine rings is 1. The lowest BCUT2D eigenvalue weighted by molar-refractivity contribution is -0.173. The molecule has 3 aromatic rings. The van der Waals surface area contributed by atoms with Gasteiger partial charge in [0.05, 0.1) is 26.0 Å². The summed E-state index contributed by atoms with van der Waals surface area (Å²) in [5.74, 6) is 1.03. The summed E-state index contributed by atoms with van der Waals surface area (Å²) < 4.78 is 54.0. The molecule has 0 aliphatic carbocycles. The third-order valence-electron chi connectivity index (χ3n) is 7.07. The van der Waals surface area contributed by atoms with Crippen LogP contribution < -0.4 is 25.4 Å². The van der Waals surface area contributed by atoms with Gasteiger partial charge in [-0.05, 0) is 49.2 Å². The van der Waals surface area contributed by atoms with Crippen LogP contribution in [0.3, 0.4) is 0 Å². The zero-order valence-electron chi connectivity index (χ0n) is 21.5. The Hall–Kier alpha value is -3.44. The lowest BCUT2D eigenvalue weighted by Crippen LogP contribution is -2.45. The maximum atomic E-state index is 14.1. The fraction of sp³-hybridized carbons (Fsp3) is 0.407. The normalized spacial score (nSPS) is 20.7. The highest BCUT2D eigenvalue weighted by Crippen LogP contribution is 2.45. The molecular weight excluding hydrogens is 535 g/mol. The molecule has 2 unspecified atom stereocenters. The van der Waals surface area contributed by atoms with Gasteiger partial charge >= 0.3 is 6.18 Å². The first-order valence-electron chi connectivity index (χ1n) is 12.5. The minimum atomic E-state index is -4.50. The molecule has 210 valence electrons. The number of nitrogens with one attached hydrogen (secondary N) is 3. The summed E-state index contributed by atoms with van der Waals surface area (Å²) in [7, 11) is 2.99. The summed E-state index contributed by atoms with van der Waals surface area (Å²) in [5, 5.41) is 13.8. The van der Waals surface area contributed by atoms with Gasteiger partial charge in [-0.1, -0.05) is 18.2 Å². The Bertz CT molecular complexity index is 1290. The molecule has 0 spiro atoms. The standard InChI is InChI=1S/C27H30F3N5O3.ClH/c1-37-22-10-9-18(12-23(22)38-2)20-13-24(27(28,29)30)35-25(33-20)14-21(34-35)16-5-7-17(8-6-16)26(36)32-19-4-3-11-31-15-19;/h5-10,12,14,19-20,24,31,33H,3-4,11,13,15H2,1-2H3,(H,32,36);1H/t19-,20?,24?;/m1./s1. The van der Waals surface area contributed by atoms with Gasteiger partial charge in [0, 0.05) is 36.2 Å². The van der Waals surface area contributed by atoms with Crippen molar-refractivity contribution in [3.05, 3.63) is 59.7 Å².